The Bertz CT molecular complexity index is 356. The van der Waals surface area contributed by atoms with Crippen LogP contribution in [-0.4, -0.2) is 39.8 Å². The summed E-state index contributed by atoms with van der Waals surface area (Å²) >= 11 is 0. The van der Waals surface area contributed by atoms with E-state index in [1.54, 1.807) is 26.5 Å². The Labute approximate surface area is 130 Å². The first kappa shape index (κ1) is 17.7. The zero-order chi connectivity index (χ0) is 15.3. The molecule has 2 amide bonds. The average molecular weight is 319 g/mol. The van der Waals surface area contributed by atoms with Gasteiger partial charge in [-0.15, -0.1) is 0 Å². The molecular formula is C14H26N2O2S2. The number of amides is 2. The molecule has 0 saturated carbocycles. The van der Waals surface area contributed by atoms with Gasteiger partial charge in [0, 0.05) is 23.5 Å². The van der Waals surface area contributed by atoms with Gasteiger partial charge in [-0.2, -0.15) is 0 Å². The molecule has 4 nitrogen and oxygen atoms in total. The van der Waals surface area contributed by atoms with Crippen molar-refractivity contribution < 1.29 is 9.59 Å². The highest BCUT2D eigenvalue weighted by atomic mass is 33.1. The third kappa shape index (κ3) is 5.56. The Morgan fingerprint density at radius 3 is 2.65 bits per heavy atom. The highest BCUT2D eigenvalue weighted by molar-refractivity contribution is 8.77. The Kier molecular flexibility index (Phi) is 6.72. The molecule has 1 fully saturated rings. The molecule has 20 heavy (non-hydrogen) atoms. The quantitative estimate of drug-likeness (QED) is 0.733. The summed E-state index contributed by atoms with van der Waals surface area (Å²) in [4.78, 5) is 25.4. The predicted octanol–water partition coefficient (Wildman–Crippen LogP) is 2.67. The van der Waals surface area contributed by atoms with E-state index < -0.39 is 11.9 Å². The van der Waals surface area contributed by atoms with Gasteiger partial charge >= 0.3 is 0 Å². The third-order valence-electron chi connectivity index (χ3n) is 3.17. The van der Waals surface area contributed by atoms with E-state index >= 15 is 0 Å². The van der Waals surface area contributed by atoms with Crippen molar-refractivity contribution in [2.45, 2.75) is 57.7 Å². The van der Waals surface area contributed by atoms with Gasteiger partial charge in [-0.3, -0.25) is 9.59 Å². The summed E-state index contributed by atoms with van der Waals surface area (Å²) in [6.45, 7) is 9.18. The van der Waals surface area contributed by atoms with Crippen LogP contribution in [0.3, 0.4) is 0 Å². The second-order valence-electron chi connectivity index (χ2n) is 6.30. The van der Waals surface area contributed by atoms with E-state index in [-0.39, 0.29) is 10.7 Å². The molecule has 2 N–H and O–H groups in total. The number of hydrogen-bond acceptors (Lipinski definition) is 4. The van der Waals surface area contributed by atoms with E-state index in [1.807, 2.05) is 0 Å². The number of rotatable bonds is 7. The topological polar surface area (TPSA) is 63.4 Å². The highest BCUT2D eigenvalue weighted by Gasteiger charge is 2.36. The van der Waals surface area contributed by atoms with E-state index in [0.29, 0.717) is 24.6 Å². The van der Waals surface area contributed by atoms with Gasteiger partial charge in [-0.1, -0.05) is 55.7 Å². The van der Waals surface area contributed by atoms with Crippen molar-refractivity contribution in [2.75, 3.05) is 12.3 Å². The molecule has 116 valence electrons. The van der Waals surface area contributed by atoms with Crippen molar-refractivity contribution >= 4 is 33.4 Å². The van der Waals surface area contributed by atoms with Crippen LogP contribution in [0.25, 0.3) is 0 Å². The molecule has 0 aliphatic carbocycles. The van der Waals surface area contributed by atoms with Crippen molar-refractivity contribution in [1.82, 2.24) is 4.90 Å². The molecule has 1 aliphatic heterocycles. The molecular weight excluding hydrogens is 292 g/mol. The molecule has 0 aromatic heterocycles. The monoisotopic (exact) mass is 318 g/mol. The van der Waals surface area contributed by atoms with Gasteiger partial charge in [0.2, 0.25) is 11.8 Å². The van der Waals surface area contributed by atoms with Crippen LogP contribution in [0, 0.1) is 5.92 Å². The fourth-order valence-electron chi connectivity index (χ4n) is 2.31. The maximum Gasteiger partial charge on any atom is 0.241 e. The van der Waals surface area contributed by atoms with Gasteiger partial charge in [0.05, 0.1) is 0 Å². The first-order valence-electron chi connectivity index (χ1n) is 7.14. The smallest absolute Gasteiger partial charge is 0.241 e. The molecule has 1 aliphatic rings. The third-order valence-corrected chi connectivity index (χ3v) is 6.51. The minimum Gasteiger partial charge on any atom is -0.368 e. The average Bonchev–Trinajstić information content (AvgIpc) is 2.64. The molecule has 6 heteroatoms. The molecule has 1 rings (SSSR count). The summed E-state index contributed by atoms with van der Waals surface area (Å²) < 4.78 is 0.132. The van der Waals surface area contributed by atoms with Crippen LogP contribution in [0.1, 0.15) is 47.0 Å². The molecule has 0 spiro atoms. The van der Waals surface area contributed by atoms with Gasteiger partial charge in [-0.05, 0) is 12.3 Å². The molecule has 2 unspecified atom stereocenters. The molecule has 0 radical (unpaired) electrons. The normalized spacial score (nSPS) is 21.3. The largest absolute Gasteiger partial charge is 0.368 e. The van der Waals surface area contributed by atoms with Gasteiger partial charge in [0.15, 0.2) is 0 Å². The molecule has 0 aromatic rings. The van der Waals surface area contributed by atoms with E-state index in [4.69, 9.17) is 5.73 Å². The van der Waals surface area contributed by atoms with E-state index in [1.165, 1.54) is 0 Å². The maximum absolute atomic E-state index is 12.1. The second kappa shape index (κ2) is 7.59. The van der Waals surface area contributed by atoms with Crippen LogP contribution < -0.4 is 5.73 Å². The van der Waals surface area contributed by atoms with Crippen molar-refractivity contribution in [2.24, 2.45) is 11.7 Å². The van der Waals surface area contributed by atoms with Gasteiger partial charge < -0.3 is 10.6 Å². The lowest BCUT2D eigenvalue weighted by atomic mass is 10.0. The lowest BCUT2D eigenvalue weighted by Gasteiger charge is -2.26. The van der Waals surface area contributed by atoms with Crippen LogP contribution in [0.4, 0.5) is 0 Å². The Hall–Kier alpha value is -0.360. The first-order valence-corrected chi connectivity index (χ1v) is 9.46. The van der Waals surface area contributed by atoms with Crippen LogP contribution in [-0.2, 0) is 9.59 Å². The van der Waals surface area contributed by atoms with Crippen molar-refractivity contribution in [3.05, 3.63) is 0 Å². The maximum atomic E-state index is 12.1. The first-order chi connectivity index (χ1) is 9.24. The molecule has 0 bridgehead atoms. The van der Waals surface area contributed by atoms with Gasteiger partial charge in [0.25, 0.3) is 0 Å². The zero-order valence-corrected chi connectivity index (χ0v) is 14.5. The molecule has 1 heterocycles. The highest BCUT2D eigenvalue weighted by Crippen LogP contribution is 2.36. The summed E-state index contributed by atoms with van der Waals surface area (Å²) in [6, 6.07) is -0.468. The van der Waals surface area contributed by atoms with E-state index in [2.05, 4.69) is 27.7 Å². The summed E-state index contributed by atoms with van der Waals surface area (Å²) in [6.07, 6.45) is 2.67. The standard InChI is InChI=1S/C14H26N2O2S2/c1-5-6-10-7-12(17)16(8-10)11(13(15)18)9-19-20-14(2,3)4/h10-11H,5-9H2,1-4H3,(H2,15,18). The van der Waals surface area contributed by atoms with Crippen molar-refractivity contribution in [1.29, 1.82) is 0 Å². The van der Waals surface area contributed by atoms with Crippen LogP contribution in [0.15, 0.2) is 0 Å². The number of hydrogen-bond donors (Lipinski definition) is 1. The molecule has 0 aromatic carbocycles. The van der Waals surface area contributed by atoms with Crippen molar-refractivity contribution in [3.8, 4) is 0 Å². The number of carbonyl (C=O) groups excluding carboxylic acids is 2. The lowest BCUT2D eigenvalue weighted by Crippen LogP contribution is -2.47. The van der Waals surface area contributed by atoms with E-state index in [9.17, 15) is 9.59 Å². The van der Waals surface area contributed by atoms with Gasteiger partial charge in [0.1, 0.15) is 6.04 Å². The van der Waals surface area contributed by atoms with Crippen LogP contribution in [0.2, 0.25) is 0 Å². The number of nitrogens with two attached hydrogens (primary N) is 1. The van der Waals surface area contributed by atoms with Gasteiger partial charge in [-0.25, -0.2) is 0 Å². The van der Waals surface area contributed by atoms with E-state index in [0.717, 1.165) is 12.8 Å². The lowest BCUT2D eigenvalue weighted by molar-refractivity contribution is -0.135. The van der Waals surface area contributed by atoms with Crippen molar-refractivity contribution in [3.63, 3.8) is 0 Å². The minimum absolute atomic E-state index is 0.0774. The fraction of sp³-hybridized carbons (Fsp3) is 0.857. The summed E-state index contributed by atoms with van der Waals surface area (Å²) in [5, 5.41) is 0. The Morgan fingerprint density at radius 1 is 1.50 bits per heavy atom. The van der Waals surface area contributed by atoms with Crippen LogP contribution in [0.5, 0.6) is 0 Å². The fourth-order valence-corrected chi connectivity index (χ4v) is 4.86. The SMILES string of the molecule is CCCC1CC(=O)N(C(CSSC(C)(C)C)C(N)=O)C1. The van der Waals surface area contributed by atoms with Crippen LogP contribution >= 0.6 is 21.6 Å². The number of carbonyl (C=O) groups is 2. The minimum atomic E-state index is -0.468. The zero-order valence-electron chi connectivity index (χ0n) is 12.8. The number of primary amides is 1. The summed E-state index contributed by atoms with van der Waals surface area (Å²) in [7, 11) is 3.34. The summed E-state index contributed by atoms with van der Waals surface area (Å²) in [5.74, 6) is 0.641. The second-order valence-corrected chi connectivity index (χ2v) is 9.47. The molecule has 1 saturated heterocycles. The molecule has 2 atom stereocenters. The predicted molar refractivity (Wildman–Crippen MR) is 87.5 cm³/mol. The Morgan fingerprint density at radius 2 is 2.15 bits per heavy atom. The number of likely N-dealkylation sites (tertiary alicyclic amines) is 1. The Balaban J connectivity index is 2.58. The summed E-state index contributed by atoms with van der Waals surface area (Å²) in [5.41, 5.74) is 5.49. The number of nitrogens with zero attached hydrogens (tertiary/aromatic N) is 1.